The molecule has 1 aliphatic rings. The first kappa shape index (κ1) is 14.8. The van der Waals surface area contributed by atoms with Crippen LogP contribution in [0.15, 0.2) is 24.3 Å². The van der Waals surface area contributed by atoms with Crippen molar-refractivity contribution in [3.63, 3.8) is 0 Å². The van der Waals surface area contributed by atoms with Crippen LogP contribution < -0.4 is 5.32 Å². The topological polar surface area (TPSA) is 55.4 Å². The second-order valence-electron chi connectivity index (χ2n) is 5.23. The molecule has 4 nitrogen and oxygen atoms in total. The molecule has 1 aromatic carbocycles. The fourth-order valence-electron chi connectivity index (χ4n) is 2.77. The molecular formula is C17H17NO3S. The molecule has 0 fully saturated rings. The van der Waals surface area contributed by atoms with Crippen molar-refractivity contribution in [3.05, 3.63) is 51.4 Å². The Morgan fingerprint density at radius 1 is 1.23 bits per heavy atom. The summed E-state index contributed by atoms with van der Waals surface area (Å²) < 4.78 is 5.18. The molecule has 114 valence electrons. The quantitative estimate of drug-likeness (QED) is 0.754. The zero-order valence-electron chi connectivity index (χ0n) is 12.6. The lowest BCUT2D eigenvalue weighted by Crippen LogP contribution is -2.14. The SMILES string of the molecule is CCOC(=O)c1c(NC(C)=O)sc2c1Cc1ccccc1C2. The Balaban J connectivity index is 2.07. The Morgan fingerprint density at radius 3 is 2.55 bits per heavy atom. The van der Waals surface area contributed by atoms with Crippen LogP contribution in [0, 0.1) is 0 Å². The highest BCUT2D eigenvalue weighted by Crippen LogP contribution is 2.40. The summed E-state index contributed by atoms with van der Waals surface area (Å²) in [5.41, 5.74) is 4.02. The van der Waals surface area contributed by atoms with Crippen LogP contribution in [0.25, 0.3) is 0 Å². The van der Waals surface area contributed by atoms with Crippen LogP contribution in [0.5, 0.6) is 0 Å². The maximum absolute atomic E-state index is 12.3. The van der Waals surface area contributed by atoms with Crippen LogP contribution in [0.1, 0.15) is 45.8 Å². The van der Waals surface area contributed by atoms with Gasteiger partial charge in [-0.1, -0.05) is 24.3 Å². The van der Waals surface area contributed by atoms with Gasteiger partial charge in [-0.2, -0.15) is 0 Å². The fourth-order valence-corrected chi connectivity index (χ4v) is 4.05. The van der Waals surface area contributed by atoms with Crippen molar-refractivity contribution in [2.75, 3.05) is 11.9 Å². The van der Waals surface area contributed by atoms with E-state index in [2.05, 4.69) is 17.4 Å². The van der Waals surface area contributed by atoms with E-state index in [9.17, 15) is 9.59 Å². The third-order valence-electron chi connectivity index (χ3n) is 3.70. The summed E-state index contributed by atoms with van der Waals surface area (Å²) in [4.78, 5) is 24.9. The molecule has 0 saturated heterocycles. The average Bonchev–Trinajstić information content (AvgIpc) is 2.80. The Labute approximate surface area is 133 Å². The summed E-state index contributed by atoms with van der Waals surface area (Å²) in [6.07, 6.45) is 1.50. The van der Waals surface area contributed by atoms with Crippen molar-refractivity contribution in [2.24, 2.45) is 0 Å². The second-order valence-corrected chi connectivity index (χ2v) is 6.34. The third kappa shape index (κ3) is 2.64. The lowest BCUT2D eigenvalue weighted by molar-refractivity contribution is -0.114. The molecule has 2 aromatic rings. The van der Waals surface area contributed by atoms with Gasteiger partial charge in [-0.05, 0) is 30.0 Å². The first-order valence-electron chi connectivity index (χ1n) is 7.26. The molecule has 22 heavy (non-hydrogen) atoms. The van der Waals surface area contributed by atoms with Gasteiger partial charge in [0.1, 0.15) is 5.00 Å². The fraction of sp³-hybridized carbons (Fsp3) is 0.294. The number of anilines is 1. The Kier molecular flexibility index (Phi) is 3.98. The molecule has 1 amide bonds. The molecule has 0 saturated carbocycles. The Morgan fingerprint density at radius 2 is 1.91 bits per heavy atom. The van der Waals surface area contributed by atoms with Crippen LogP contribution in [0.3, 0.4) is 0 Å². The number of thiophene rings is 1. The van der Waals surface area contributed by atoms with Gasteiger partial charge in [-0.3, -0.25) is 4.79 Å². The van der Waals surface area contributed by atoms with Crippen molar-refractivity contribution in [1.82, 2.24) is 0 Å². The van der Waals surface area contributed by atoms with E-state index in [0.29, 0.717) is 23.6 Å². The monoisotopic (exact) mass is 315 g/mol. The van der Waals surface area contributed by atoms with Gasteiger partial charge in [0, 0.05) is 18.2 Å². The first-order chi connectivity index (χ1) is 10.6. The number of ether oxygens (including phenoxy) is 1. The van der Waals surface area contributed by atoms with E-state index in [1.165, 1.54) is 29.4 Å². The van der Waals surface area contributed by atoms with E-state index in [0.717, 1.165) is 16.9 Å². The van der Waals surface area contributed by atoms with Crippen LogP contribution >= 0.6 is 11.3 Å². The Hall–Kier alpha value is -2.14. The average molecular weight is 315 g/mol. The molecule has 1 aliphatic carbocycles. The smallest absolute Gasteiger partial charge is 0.341 e. The summed E-state index contributed by atoms with van der Waals surface area (Å²) in [6, 6.07) is 8.23. The lowest BCUT2D eigenvalue weighted by Gasteiger charge is -2.17. The molecule has 1 N–H and O–H groups in total. The van der Waals surface area contributed by atoms with Crippen molar-refractivity contribution in [2.45, 2.75) is 26.7 Å². The number of esters is 1. The van der Waals surface area contributed by atoms with Gasteiger partial charge < -0.3 is 10.1 Å². The molecule has 0 unspecified atom stereocenters. The highest BCUT2D eigenvalue weighted by atomic mass is 32.1. The predicted octanol–water partition coefficient (Wildman–Crippen LogP) is 3.38. The van der Waals surface area contributed by atoms with Crippen molar-refractivity contribution < 1.29 is 14.3 Å². The van der Waals surface area contributed by atoms with Crippen LogP contribution in [0.2, 0.25) is 0 Å². The van der Waals surface area contributed by atoms with Gasteiger partial charge in [-0.25, -0.2) is 4.79 Å². The zero-order chi connectivity index (χ0) is 15.7. The number of rotatable bonds is 3. The standard InChI is InChI=1S/C17H17NO3S/c1-3-21-17(20)15-13-8-11-6-4-5-7-12(11)9-14(13)22-16(15)18-10(2)19/h4-7H,3,8-9H2,1-2H3,(H,18,19). The summed E-state index contributed by atoms with van der Waals surface area (Å²) in [6.45, 7) is 3.55. The minimum absolute atomic E-state index is 0.179. The van der Waals surface area contributed by atoms with Gasteiger partial charge in [0.2, 0.25) is 5.91 Å². The predicted molar refractivity (Wildman–Crippen MR) is 86.6 cm³/mol. The van der Waals surface area contributed by atoms with Crippen LogP contribution in [0.4, 0.5) is 5.00 Å². The number of nitrogens with one attached hydrogen (secondary N) is 1. The number of amides is 1. The summed E-state index contributed by atoms with van der Waals surface area (Å²) in [7, 11) is 0. The third-order valence-corrected chi connectivity index (χ3v) is 4.84. The minimum Gasteiger partial charge on any atom is -0.462 e. The van der Waals surface area contributed by atoms with Crippen molar-refractivity contribution in [1.29, 1.82) is 0 Å². The summed E-state index contributed by atoms with van der Waals surface area (Å²) in [5.74, 6) is -0.537. The summed E-state index contributed by atoms with van der Waals surface area (Å²) >= 11 is 1.48. The van der Waals surface area contributed by atoms with E-state index >= 15 is 0 Å². The highest BCUT2D eigenvalue weighted by molar-refractivity contribution is 7.17. The van der Waals surface area contributed by atoms with Crippen LogP contribution in [-0.4, -0.2) is 18.5 Å². The number of carbonyl (C=O) groups is 2. The van der Waals surface area contributed by atoms with E-state index in [1.54, 1.807) is 6.92 Å². The molecule has 0 aliphatic heterocycles. The first-order valence-corrected chi connectivity index (χ1v) is 8.07. The molecule has 1 heterocycles. The molecule has 5 heteroatoms. The minimum atomic E-state index is -0.358. The maximum atomic E-state index is 12.3. The van der Waals surface area contributed by atoms with Gasteiger partial charge in [-0.15, -0.1) is 11.3 Å². The second kappa shape index (κ2) is 5.93. The normalized spacial score (nSPS) is 12.3. The lowest BCUT2D eigenvalue weighted by atomic mass is 9.89. The maximum Gasteiger partial charge on any atom is 0.341 e. The van der Waals surface area contributed by atoms with E-state index in [4.69, 9.17) is 4.74 Å². The van der Waals surface area contributed by atoms with E-state index in [-0.39, 0.29) is 11.9 Å². The Bertz CT molecular complexity index is 748. The molecule has 0 atom stereocenters. The molecule has 3 rings (SSSR count). The highest BCUT2D eigenvalue weighted by Gasteiger charge is 2.28. The number of benzene rings is 1. The number of hydrogen-bond acceptors (Lipinski definition) is 4. The van der Waals surface area contributed by atoms with Crippen LogP contribution in [-0.2, 0) is 22.4 Å². The zero-order valence-corrected chi connectivity index (χ0v) is 13.4. The number of hydrogen-bond donors (Lipinski definition) is 1. The van der Waals surface area contributed by atoms with E-state index in [1.807, 2.05) is 12.1 Å². The van der Waals surface area contributed by atoms with Gasteiger partial charge in [0.15, 0.2) is 0 Å². The van der Waals surface area contributed by atoms with Crippen molar-refractivity contribution in [3.8, 4) is 0 Å². The number of carbonyl (C=O) groups excluding carboxylic acids is 2. The van der Waals surface area contributed by atoms with Gasteiger partial charge in [0.05, 0.1) is 12.2 Å². The molecule has 1 aromatic heterocycles. The number of fused-ring (bicyclic) bond motifs is 2. The molecule has 0 spiro atoms. The molecule has 0 bridgehead atoms. The van der Waals surface area contributed by atoms with E-state index < -0.39 is 0 Å². The van der Waals surface area contributed by atoms with Crippen molar-refractivity contribution >= 4 is 28.2 Å². The molecular weight excluding hydrogens is 298 g/mol. The van der Waals surface area contributed by atoms with Gasteiger partial charge in [0.25, 0.3) is 0 Å². The molecule has 0 radical (unpaired) electrons. The van der Waals surface area contributed by atoms with Gasteiger partial charge >= 0.3 is 5.97 Å². The largest absolute Gasteiger partial charge is 0.462 e. The summed E-state index contributed by atoms with van der Waals surface area (Å²) in [5, 5.41) is 3.38.